The number of benzene rings is 3. The van der Waals surface area contributed by atoms with Gasteiger partial charge < -0.3 is 14.8 Å². The topological polar surface area (TPSA) is 93.7 Å². The second kappa shape index (κ2) is 8.69. The van der Waals surface area contributed by atoms with Crippen molar-refractivity contribution in [3.8, 4) is 11.5 Å². The minimum atomic E-state index is -3.88. The van der Waals surface area contributed by atoms with Crippen LogP contribution in [0.5, 0.6) is 11.5 Å². The lowest BCUT2D eigenvalue weighted by molar-refractivity contribution is 0.102. The average Bonchev–Trinajstić information content (AvgIpc) is 3.00. The quantitative estimate of drug-likeness (QED) is 0.622. The van der Waals surface area contributed by atoms with Gasteiger partial charge in [-0.2, -0.15) is 0 Å². The Morgan fingerprint density at radius 1 is 0.871 bits per heavy atom. The van der Waals surface area contributed by atoms with Crippen molar-refractivity contribution in [2.45, 2.75) is 18.2 Å². The van der Waals surface area contributed by atoms with Crippen molar-refractivity contribution >= 4 is 27.3 Å². The highest BCUT2D eigenvalue weighted by Crippen LogP contribution is 2.32. The number of carbonyl (C=O) groups excluding carboxylic acids is 1. The van der Waals surface area contributed by atoms with E-state index in [4.69, 9.17) is 9.47 Å². The Morgan fingerprint density at radius 3 is 2.39 bits per heavy atom. The molecule has 0 bridgehead atoms. The van der Waals surface area contributed by atoms with E-state index >= 15 is 0 Å². The first-order chi connectivity index (χ1) is 14.9. The number of hydrogen-bond acceptors (Lipinski definition) is 5. The first-order valence-corrected chi connectivity index (χ1v) is 11.3. The molecule has 1 aliphatic heterocycles. The van der Waals surface area contributed by atoms with Gasteiger partial charge in [0.05, 0.1) is 18.1 Å². The molecule has 0 aliphatic carbocycles. The van der Waals surface area contributed by atoms with Crippen LogP contribution in [0.1, 0.15) is 22.3 Å². The summed E-state index contributed by atoms with van der Waals surface area (Å²) in [7, 11) is -3.88. The Morgan fingerprint density at radius 2 is 1.61 bits per heavy atom. The van der Waals surface area contributed by atoms with Gasteiger partial charge in [-0.3, -0.25) is 9.52 Å². The molecule has 3 aromatic rings. The Hall–Kier alpha value is -3.52. The van der Waals surface area contributed by atoms with Crippen molar-refractivity contribution in [2.75, 3.05) is 23.3 Å². The molecule has 0 fully saturated rings. The van der Waals surface area contributed by atoms with Crippen LogP contribution in [0.15, 0.2) is 71.6 Å². The average molecular weight is 439 g/mol. The molecule has 160 valence electrons. The second-order valence-electron chi connectivity index (χ2n) is 7.17. The minimum absolute atomic E-state index is 0.0475. The van der Waals surface area contributed by atoms with Crippen molar-refractivity contribution < 1.29 is 22.7 Å². The van der Waals surface area contributed by atoms with Gasteiger partial charge in [0.25, 0.3) is 15.9 Å². The van der Waals surface area contributed by atoms with Crippen LogP contribution in [-0.2, 0) is 10.0 Å². The number of sulfonamides is 1. The molecule has 4 rings (SSSR count). The number of anilines is 2. The van der Waals surface area contributed by atoms with Gasteiger partial charge >= 0.3 is 0 Å². The van der Waals surface area contributed by atoms with E-state index in [1.54, 1.807) is 24.3 Å². The first kappa shape index (κ1) is 20.7. The van der Waals surface area contributed by atoms with Crippen molar-refractivity contribution in [1.82, 2.24) is 0 Å². The number of hydrogen-bond donors (Lipinski definition) is 2. The number of fused-ring (bicyclic) bond motifs is 1. The number of nitrogens with one attached hydrogen (secondary N) is 2. The van der Waals surface area contributed by atoms with E-state index in [9.17, 15) is 13.2 Å². The molecule has 0 aromatic heterocycles. The Balaban J connectivity index is 1.52. The summed E-state index contributed by atoms with van der Waals surface area (Å²) in [4.78, 5) is 12.6. The van der Waals surface area contributed by atoms with E-state index < -0.39 is 10.0 Å². The summed E-state index contributed by atoms with van der Waals surface area (Å²) >= 11 is 0. The Labute approximate surface area is 181 Å². The third-order valence-corrected chi connectivity index (χ3v) is 6.09. The molecular formula is C23H22N2O5S. The predicted molar refractivity (Wildman–Crippen MR) is 118 cm³/mol. The van der Waals surface area contributed by atoms with Crippen LogP contribution in [0.3, 0.4) is 0 Å². The maximum Gasteiger partial charge on any atom is 0.262 e. The molecule has 0 spiro atoms. The molecule has 3 aromatic carbocycles. The van der Waals surface area contributed by atoms with Crippen LogP contribution in [0.25, 0.3) is 0 Å². The standard InChI is InChI=1S/C23H22N2O5S/c1-16-6-8-18(9-7-16)24-23(26)17-4-2-5-19(14-17)25-31(27,28)20-10-11-21-22(15-20)30-13-3-12-29-21/h2,4-11,14-15,25H,3,12-13H2,1H3,(H,24,26). The van der Waals surface area contributed by atoms with Gasteiger partial charge in [-0.1, -0.05) is 23.8 Å². The van der Waals surface area contributed by atoms with E-state index in [-0.39, 0.29) is 16.5 Å². The molecule has 1 aliphatic rings. The number of rotatable bonds is 5. The fourth-order valence-corrected chi connectivity index (χ4v) is 4.15. The molecule has 0 unspecified atom stereocenters. The maximum absolute atomic E-state index is 12.9. The van der Waals surface area contributed by atoms with E-state index in [1.807, 2.05) is 31.2 Å². The number of aryl methyl sites for hydroxylation is 1. The molecule has 7 nitrogen and oxygen atoms in total. The minimum Gasteiger partial charge on any atom is -0.490 e. The third-order valence-electron chi connectivity index (χ3n) is 4.72. The molecule has 0 saturated carbocycles. The monoisotopic (exact) mass is 438 g/mol. The SMILES string of the molecule is Cc1ccc(NC(=O)c2cccc(NS(=O)(=O)c3ccc4c(c3)OCCCO4)c2)cc1. The summed E-state index contributed by atoms with van der Waals surface area (Å²) in [6.07, 6.45) is 0.729. The fraction of sp³-hybridized carbons (Fsp3) is 0.174. The highest BCUT2D eigenvalue weighted by atomic mass is 32.2. The molecule has 0 radical (unpaired) electrons. The summed E-state index contributed by atoms with van der Waals surface area (Å²) in [5, 5.41) is 2.80. The van der Waals surface area contributed by atoms with Crippen LogP contribution in [-0.4, -0.2) is 27.5 Å². The molecule has 1 heterocycles. The van der Waals surface area contributed by atoms with Crippen LogP contribution in [0, 0.1) is 6.92 Å². The summed E-state index contributed by atoms with van der Waals surface area (Å²) in [6.45, 7) is 2.95. The highest BCUT2D eigenvalue weighted by Gasteiger charge is 2.19. The zero-order valence-electron chi connectivity index (χ0n) is 16.9. The third kappa shape index (κ3) is 4.97. The van der Waals surface area contributed by atoms with Crippen LogP contribution < -0.4 is 19.5 Å². The van der Waals surface area contributed by atoms with Gasteiger partial charge in [0.15, 0.2) is 11.5 Å². The van der Waals surface area contributed by atoms with Gasteiger partial charge in [-0.15, -0.1) is 0 Å². The van der Waals surface area contributed by atoms with Gasteiger partial charge in [0.2, 0.25) is 0 Å². The summed E-state index contributed by atoms with van der Waals surface area (Å²) in [6, 6.07) is 18.2. The number of carbonyl (C=O) groups is 1. The van der Waals surface area contributed by atoms with Crippen LogP contribution in [0.4, 0.5) is 11.4 Å². The van der Waals surface area contributed by atoms with Crippen molar-refractivity contribution in [2.24, 2.45) is 0 Å². The van der Waals surface area contributed by atoms with Gasteiger partial charge in [-0.05, 0) is 49.4 Å². The van der Waals surface area contributed by atoms with Crippen LogP contribution in [0.2, 0.25) is 0 Å². The maximum atomic E-state index is 12.9. The predicted octanol–water partition coefficient (Wildman–Crippen LogP) is 4.21. The van der Waals surface area contributed by atoms with E-state index in [1.165, 1.54) is 18.2 Å². The summed E-state index contributed by atoms with van der Waals surface area (Å²) in [5.74, 6) is 0.582. The summed E-state index contributed by atoms with van der Waals surface area (Å²) < 4.78 is 39.4. The lowest BCUT2D eigenvalue weighted by Crippen LogP contribution is -2.15. The van der Waals surface area contributed by atoms with Crippen molar-refractivity contribution in [1.29, 1.82) is 0 Å². The molecule has 0 saturated heterocycles. The number of amides is 1. The zero-order chi connectivity index (χ0) is 21.8. The highest BCUT2D eigenvalue weighted by molar-refractivity contribution is 7.92. The van der Waals surface area contributed by atoms with Gasteiger partial charge in [0.1, 0.15) is 0 Å². The lowest BCUT2D eigenvalue weighted by atomic mass is 10.2. The largest absolute Gasteiger partial charge is 0.490 e. The lowest BCUT2D eigenvalue weighted by Gasteiger charge is -2.12. The number of ether oxygens (including phenoxy) is 2. The zero-order valence-corrected chi connectivity index (χ0v) is 17.7. The Bertz CT molecular complexity index is 1210. The molecule has 2 N–H and O–H groups in total. The molecule has 8 heteroatoms. The van der Waals surface area contributed by atoms with Crippen LogP contribution >= 0.6 is 0 Å². The van der Waals surface area contributed by atoms with E-state index in [2.05, 4.69) is 10.0 Å². The van der Waals surface area contributed by atoms with E-state index in [0.717, 1.165) is 12.0 Å². The normalized spacial score (nSPS) is 13.2. The second-order valence-corrected chi connectivity index (χ2v) is 8.85. The summed E-state index contributed by atoms with van der Waals surface area (Å²) in [5.41, 5.74) is 2.36. The van der Waals surface area contributed by atoms with Crippen molar-refractivity contribution in [3.05, 3.63) is 77.9 Å². The Kier molecular flexibility index (Phi) is 5.81. The van der Waals surface area contributed by atoms with Gasteiger partial charge in [-0.25, -0.2) is 8.42 Å². The van der Waals surface area contributed by atoms with Crippen molar-refractivity contribution in [3.63, 3.8) is 0 Å². The van der Waals surface area contributed by atoms with Gasteiger partial charge in [0, 0.05) is 29.4 Å². The molecule has 31 heavy (non-hydrogen) atoms. The van der Waals surface area contributed by atoms with E-state index in [0.29, 0.717) is 36.0 Å². The molecule has 0 atom stereocenters. The smallest absolute Gasteiger partial charge is 0.262 e. The first-order valence-electron chi connectivity index (χ1n) is 9.81. The fourth-order valence-electron chi connectivity index (χ4n) is 3.09. The molecule has 1 amide bonds. The molecular weight excluding hydrogens is 416 g/mol.